The van der Waals surface area contributed by atoms with E-state index in [1.54, 1.807) is 0 Å². The number of rotatable bonds is 5. The summed E-state index contributed by atoms with van der Waals surface area (Å²) < 4.78 is 2.23. The lowest BCUT2D eigenvalue weighted by Crippen LogP contribution is -2.33. The van der Waals surface area contributed by atoms with Crippen molar-refractivity contribution in [3.8, 4) is 0 Å². The number of benzene rings is 1. The van der Waals surface area contributed by atoms with Crippen LogP contribution in [0.25, 0.3) is 0 Å². The van der Waals surface area contributed by atoms with Gasteiger partial charge in [-0.15, -0.1) is 0 Å². The van der Waals surface area contributed by atoms with Crippen molar-refractivity contribution in [2.45, 2.75) is 46.1 Å². The Balaban J connectivity index is 2.06. The third-order valence-corrected chi connectivity index (χ3v) is 3.89. The van der Waals surface area contributed by atoms with E-state index in [1.165, 1.54) is 23.1 Å². The van der Waals surface area contributed by atoms with Crippen molar-refractivity contribution in [1.29, 1.82) is 0 Å². The molecule has 0 spiro atoms. The van der Waals surface area contributed by atoms with E-state index in [2.05, 4.69) is 74.1 Å². The zero-order valence-corrected chi connectivity index (χ0v) is 12.3. The largest absolute Gasteiger partial charge is 0.201 e. The van der Waals surface area contributed by atoms with E-state index in [0.29, 0.717) is 5.92 Å². The average Bonchev–Trinajstić information content (AvgIpc) is 2.48. The second-order valence-electron chi connectivity index (χ2n) is 5.28. The van der Waals surface area contributed by atoms with Gasteiger partial charge < -0.3 is 0 Å². The number of hydrogen-bond donors (Lipinski definition) is 0. The number of pyridine rings is 1. The summed E-state index contributed by atoms with van der Waals surface area (Å²) in [5.41, 5.74) is 4.20. The van der Waals surface area contributed by atoms with Crippen LogP contribution in [-0.4, -0.2) is 0 Å². The molecule has 0 aliphatic carbocycles. The Kier molecular flexibility index (Phi) is 4.73. The Morgan fingerprint density at radius 3 is 2.05 bits per heavy atom. The third kappa shape index (κ3) is 3.66. The molecule has 1 aromatic heterocycles. The van der Waals surface area contributed by atoms with E-state index >= 15 is 0 Å². The molecule has 0 saturated heterocycles. The van der Waals surface area contributed by atoms with Gasteiger partial charge in [-0.25, -0.2) is 4.57 Å². The predicted octanol–water partition coefficient (Wildman–Crippen LogP) is 4.10. The molecule has 0 amide bonds. The molecular formula is C18H24N+. The molecule has 2 rings (SSSR count). The summed E-state index contributed by atoms with van der Waals surface area (Å²) in [6, 6.07) is 13.4. The summed E-state index contributed by atoms with van der Waals surface area (Å²) in [5.74, 6) is 0.658. The Hall–Kier alpha value is -1.63. The molecule has 1 nitrogen and oxygen atoms in total. The summed E-state index contributed by atoms with van der Waals surface area (Å²) in [5, 5.41) is 0. The standard InChI is InChI=1S/C18H24N/c1-4-15(3)18-8-6-17(7-9-18)14-19-12-10-16(5-2)11-13-19/h6-13,15H,4-5,14H2,1-3H3/q+1. The van der Waals surface area contributed by atoms with Crippen molar-refractivity contribution in [3.05, 3.63) is 65.5 Å². The molecule has 1 atom stereocenters. The summed E-state index contributed by atoms with van der Waals surface area (Å²) in [4.78, 5) is 0. The van der Waals surface area contributed by atoms with Crippen LogP contribution < -0.4 is 4.57 Å². The highest BCUT2D eigenvalue weighted by atomic mass is 14.9. The number of nitrogens with zero attached hydrogens (tertiary/aromatic N) is 1. The molecule has 0 radical (unpaired) electrons. The van der Waals surface area contributed by atoms with Gasteiger partial charge in [0.15, 0.2) is 18.9 Å². The highest BCUT2D eigenvalue weighted by molar-refractivity contribution is 5.24. The first-order valence-corrected chi connectivity index (χ1v) is 7.29. The molecule has 100 valence electrons. The highest BCUT2D eigenvalue weighted by Crippen LogP contribution is 2.18. The van der Waals surface area contributed by atoms with Crippen LogP contribution in [0.15, 0.2) is 48.8 Å². The highest BCUT2D eigenvalue weighted by Gasteiger charge is 2.05. The van der Waals surface area contributed by atoms with E-state index < -0.39 is 0 Å². The molecular weight excluding hydrogens is 230 g/mol. The average molecular weight is 254 g/mol. The van der Waals surface area contributed by atoms with E-state index in [-0.39, 0.29) is 0 Å². The van der Waals surface area contributed by atoms with Crippen LogP contribution >= 0.6 is 0 Å². The normalized spacial score (nSPS) is 12.4. The van der Waals surface area contributed by atoms with E-state index in [0.717, 1.165) is 13.0 Å². The Morgan fingerprint density at radius 1 is 0.895 bits per heavy atom. The molecule has 19 heavy (non-hydrogen) atoms. The molecule has 2 aromatic rings. The van der Waals surface area contributed by atoms with E-state index in [4.69, 9.17) is 0 Å². The minimum atomic E-state index is 0.658. The van der Waals surface area contributed by atoms with Gasteiger partial charge in [0.05, 0.1) is 0 Å². The zero-order chi connectivity index (χ0) is 13.7. The number of aromatic nitrogens is 1. The van der Waals surface area contributed by atoms with Crippen LogP contribution in [0.4, 0.5) is 0 Å². The lowest BCUT2D eigenvalue weighted by Gasteiger charge is -2.08. The maximum absolute atomic E-state index is 2.28. The Morgan fingerprint density at radius 2 is 1.53 bits per heavy atom. The summed E-state index contributed by atoms with van der Waals surface area (Å²) in [7, 11) is 0. The molecule has 0 saturated carbocycles. The fraction of sp³-hybridized carbons (Fsp3) is 0.389. The van der Waals surface area contributed by atoms with Gasteiger partial charge in [-0.1, -0.05) is 45.0 Å². The maximum atomic E-state index is 2.28. The van der Waals surface area contributed by atoms with Gasteiger partial charge in [-0.2, -0.15) is 0 Å². The SMILES string of the molecule is CCc1cc[n+](Cc2ccc(C(C)CC)cc2)cc1. The van der Waals surface area contributed by atoms with Crippen LogP contribution in [-0.2, 0) is 13.0 Å². The van der Waals surface area contributed by atoms with Gasteiger partial charge in [0.2, 0.25) is 0 Å². The Labute approximate surface area is 116 Å². The molecule has 0 aliphatic heterocycles. The lowest BCUT2D eigenvalue weighted by molar-refractivity contribution is -0.688. The second-order valence-corrected chi connectivity index (χ2v) is 5.28. The lowest BCUT2D eigenvalue weighted by atomic mass is 9.98. The van der Waals surface area contributed by atoms with Crippen LogP contribution in [0.1, 0.15) is 49.8 Å². The van der Waals surface area contributed by atoms with Gasteiger partial charge in [-0.3, -0.25) is 0 Å². The van der Waals surface area contributed by atoms with Crippen molar-refractivity contribution in [1.82, 2.24) is 0 Å². The smallest absolute Gasteiger partial charge is 0.173 e. The summed E-state index contributed by atoms with van der Waals surface area (Å²) >= 11 is 0. The van der Waals surface area contributed by atoms with Gasteiger partial charge in [0.1, 0.15) is 0 Å². The fourth-order valence-electron chi connectivity index (χ4n) is 2.23. The van der Waals surface area contributed by atoms with Gasteiger partial charge in [0, 0.05) is 17.7 Å². The summed E-state index contributed by atoms with van der Waals surface area (Å²) in [6.45, 7) is 7.66. The third-order valence-electron chi connectivity index (χ3n) is 3.89. The van der Waals surface area contributed by atoms with Crippen molar-refractivity contribution in [3.63, 3.8) is 0 Å². The minimum Gasteiger partial charge on any atom is -0.201 e. The maximum Gasteiger partial charge on any atom is 0.173 e. The first-order valence-electron chi connectivity index (χ1n) is 7.29. The van der Waals surface area contributed by atoms with Gasteiger partial charge in [0.25, 0.3) is 0 Å². The van der Waals surface area contributed by atoms with E-state index in [1.807, 2.05) is 0 Å². The van der Waals surface area contributed by atoms with Crippen molar-refractivity contribution < 1.29 is 4.57 Å². The topological polar surface area (TPSA) is 3.88 Å². The number of aryl methyl sites for hydroxylation is 1. The van der Waals surface area contributed by atoms with Gasteiger partial charge in [-0.05, 0) is 29.9 Å². The minimum absolute atomic E-state index is 0.658. The van der Waals surface area contributed by atoms with Crippen molar-refractivity contribution >= 4 is 0 Å². The monoisotopic (exact) mass is 254 g/mol. The summed E-state index contributed by atoms with van der Waals surface area (Å²) in [6.07, 6.45) is 6.64. The van der Waals surface area contributed by atoms with Crippen LogP contribution in [0.5, 0.6) is 0 Å². The van der Waals surface area contributed by atoms with Crippen molar-refractivity contribution in [2.75, 3.05) is 0 Å². The van der Waals surface area contributed by atoms with Crippen molar-refractivity contribution in [2.24, 2.45) is 0 Å². The fourth-order valence-corrected chi connectivity index (χ4v) is 2.23. The second kappa shape index (κ2) is 6.51. The molecule has 0 N–H and O–H groups in total. The van der Waals surface area contributed by atoms with Crippen LogP contribution in [0.2, 0.25) is 0 Å². The number of hydrogen-bond acceptors (Lipinski definition) is 0. The molecule has 1 aromatic carbocycles. The predicted molar refractivity (Wildman–Crippen MR) is 80.3 cm³/mol. The zero-order valence-electron chi connectivity index (χ0n) is 12.3. The van der Waals surface area contributed by atoms with Gasteiger partial charge >= 0.3 is 0 Å². The molecule has 0 bridgehead atoms. The molecule has 1 unspecified atom stereocenters. The van der Waals surface area contributed by atoms with Crippen LogP contribution in [0, 0.1) is 0 Å². The van der Waals surface area contributed by atoms with E-state index in [9.17, 15) is 0 Å². The molecule has 1 heteroatoms. The molecule has 1 heterocycles. The first kappa shape index (κ1) is 13.8. The molecule has 0 fully saturated rings. The van der Waals surface area contributed by atoms with Crippen LogP contribution in [0.3, 0.4) is 0 Å². The molecule has 0 aliphatic rings. The Bertz CT molecular complexity index is 496. The first-order chi connectivity index (χ1) is 9.22. The quantitative estimate of drug-likeness (QED) is 0.707.